The van der Waals surface area contributed by atoms with Crippen molar-refractivity contribution >= 4 is 15.9 Å². The lowest BCUT2D eigenvalue weighted by Crippen LogP contribution is -2.36. The highest BCUT2D eigenvalue weighted by Gasteiger charge is 2.22. The molecule has 0 aromatic carbocycles. The highest BCUT2D eigenvalue weighted by Crippen LogP contribution is 2.27. The molecule has 4 nitrogen and oxygen atoms in total. The van der Waals surface area contributed by atoms with E-state index >= 15 is 0 Å². The first-order valence-electron chi connectivity index (χ1n) is 6.58. The molecule has 1 unspecified atom stereocenters. The molecule has 0 spiro atoms. The Labute approximate surface area is 117 Å². The number of nitrogens with two attached hydrogens (primary N) is 1. The summed E-state index contributed by atoms with van der Waals surface area (Å²) >= 11 is 3.51. The summed E-state index contributed by atoms with van der Waals surface area (Å²) < 4.78 is 6.53. The van der Waals surface area contributed by atoms with Crippen molar-refractivity contribution in [1.29, 1.82) is 0 Å². The smallest absolute Gasteiger partial charge is 0.136 e. The van der Waals surface area contributed by atoms with Gasteiger partial charge in [-0.1, -0.05) is 0 Å². The van der Waals surface area contributed by atoms with Crippen molar-refractivity contribution < 1.29 is 4.42 Å². The van der Waals surface area contributed by atoms with Gasteiger partial charge in [0.2, 0.25) is 0 Å². The first kappa shape index (κ1) is 14.1. The molecule has 18 heavy (non-hydrogen) atoms. The summed E-state index contributed by atoms with van der Waals surface area (Å²) in [6.45, 7) is 5.19. The largest absolute Gasteiger partial charge is 0.466 e. The van der Waals surface area contributed by atoms with Crippen LogP contribution in [0.25, 0.3) is 0 Å². The van der Waals surface area contributed by atoms with Gasteiger partial charge in [0.1, 0.15) is 5.76 Å². The zero-order chi connectivity index (χ0) is 13.0. The lowest BCUT2D eigenvalue weighted by Gasteiger charge is -2.27. The summed E-state index contributed by atoms with van der Waals surface area (Å²) in [5.41, 5.74) is 5.88. The topological polar surface area (TPSA) is 45.6 Å². The Morgan fingerprint density at radius 1 is 1.50 bits per heavy atom. The fraction of sp³-hybridized carbons (Fsp3) is 0.692. The van der Waals surface area contributed by atoms with Gasteiger partial charge >= 0.3 is 0 Å². The third-order valence-corrected chi connectivity index (χ3v) is 4.33. The van der Waals surface area contributed by atoms with E-state index in [9.17, 15) is 0 Å². The third kappa shape index (κ3) is 3.35. The molecule has 1 atom stereocenters. The van der Waals surface area contributed by atoms with E-state index in [4.69, 9.17) is 10.2 Å². The van der Waals surface area contributed by atoms with Crippen LogP contribution in [0.4, 0.5) is 0 Å². The van der Waals surface area contributed by atoms with Crippen LogP contribution >= 0.6 is 15.9 Å². The minimum atomic E-state index is 0.150. The quantitative estimate of drug-likeness (QED) is 0.873. The molecule has 1 saturated heterocycles. The molecule has 1 aliphatic rings. The lowest BCUT2D eigenvalue weighted by molar-refractivity contribution is 0.190. The summed E-state index contributed by atoms with van der Waals surface area (Å²) in [6.07, 6.45) is 4.39. The molecule has 2 rings (SSSR count). The van der Waals surface area contributed by atoms with Gasteiger partial charge in [0, 0.05) is 19.6 Å². The van der Waals surface area contributed by atoms with E-state index in [-0.39, 0.29) is 6.04 Å². The number of hydrogen-bond donors (Lipinski definition) is 1. The molecule has 0 amide bonds. The number of halogens is 1. The SMILES string of the molecule is CN(CCN1CCCC1)C(CN)c1occc1Br. The normalized spacial score (nSPS) is 18.7. The maximum absolute atomic E-state index is 5.88. The molecule has 1 fully saturated rings. The van der Waals surface area contributed by atoms with E-state index in [1.807, 2.05) is 6.07 Å². The Kier molecular flexibility index (Phi) is 5.24. The zero-order valence-corrected chi connectivity index (χ0v) is 12.5. The Morgan fingerprint density at radius 3 is 2.78 bits per heavy atom. The van der Waals surface area contributed by atoms with Crippen molar-refractivity contribution in [1.82, 2.24) is 9.80 Å². The van der Waals surface area contributed by atoms with Crippen LogP contribution in [-0.2, 0) is 0 Å². The Bertz CT molecular complexity index is 363. The van der Waals surface area contributed by atoms with Crippen LogP contribution in [-0.4, -0.2) is 49.6 Å². The standard InChI is InChI=1S/C13H22BrN3O/c1-16(7-8-17-5-2-3-6-17)12(10-15)13-11(14)4-9-18-13/h4,9,12H,2-3,5-8,10,15H2,1H3. The molecule has 0 aliphatic carbocycles. The van der Waals surface area contributed by atoms with Crippen LogP contribution in [0, 0.1) is 0 Å². The first-order valence-corrected chi connectivity index (χ1v) is 7.37. The maximum Gasteiger partial charge on any atom is 0.136 e. The highest BCUT2D eigenvalue weighted by molar-refractivity contribution is 9.10. The van der Waals surface area contributed by atoms with E-state index in [0.29, 0.717) is 6.54 Å². The van der Waals surface area contributed by atoms with Crippen LogP contribution in [0.2, 0.25) is 0 Å². The summed E-state index contributed by atoms with van der Waals surface area (Å²) in [7, 11) is 2.11. The summed E-state index contributed by atoms with van der Waals surface area (Å²) in [4.78, 5) is 4.79. The Morgan fingerprint density at radius 2 is 2.22 bits per heavy atom. The molecule has 2 N–H and O–H groups in total. The first-order chi connectivity index (χ1) is 8.72. The van der Waals surface area contributed by atoms with Gasteiger partial charge in [0.25, 0.3) is 0 Å². The van der Waals surface area contributed by atoms with E-state index in [0.717, 1.165) is 23.3 Å². The second-order valence-corrected chi connectivity index (χ2v) is 5.77. The molecule has 1 aromatic rings. The van der Waals surface area contributed by atoms with Crippen molar-refractivity contribution in [3.8, 4) is 0 Å². The van der Waals surface area contributed by atoms with Gasteiger partial charge in [-0.15, -0.1) is 0 Å². The summed E-state index contributed by atoms with van der Waals surface area (Å²) in [5, 5.41) is 0. The van der Waals surface area contributed by atoms with Crippen LogP contribution < -0.4 is 5.73 Å². The predicted molar refractivity (Wildman–Crippen MR) is 76.5 cm³/mol. The highest BCUT2D eigenvalue weighted by atomic mass is 79.9. The average Bonchev–Trinajstić information content (AvgIpc) is 3.00. The van der Waals surface area contributed by atoms with Crippen LogP contribution in [0.5, 0.6) is 0 Å². The third-order valence-electron chi connectivity index (χ3n) is 3.67. The van der Waals surface area contributed by atoms with Crippen molar-refractivity contribution in [2.75, 3.05) is 39.8 Å². The van der Waals surface area contributed by atoms with E-state index in [1.165, 1.54) is 25.9 Å². The van der Waals surface area contributed by atoms with Gasteiger partial charge in [-0.2, -0.15) is 0 Å². The minimum Gasteiger partial charge on any atom is -0.466 e. The van der Waals surface area contributed by atoms with Gasteiger partial charge in [-0.05, 0) is 55.0 Å². The number of likely N-dealkylation sites (N-methyl/N-ethyl adjacent to an activating group) is 1. The monoisotopic (exact) mass is 315 g/mol. The Hall–Kier alpha value is -0.360. The lowest BCUT2D eigenvalue weighted by atomic mass is 10.2. The maximum atomic E-state index is 5.88. The molecule has 5 heteroatoms. The predicted octanol–water partition coefficient (Wildman–Crippen LogP) is 2.07. The van der Waals surface area contributed by atoms with Gasteiger partial charge in [-0.3, -0.25) is 4.90 Å². The minimum absolute atomic E-state index is 0.150. The fourth-order valence-electron chi connectivity index (χ4n) is 2.49. The molecule has 1 aromatic heterocycles. The summed E-state index contributed by atoms with van der Waals surface area (Å²) in [6, 6.07) is 2.07. The van der Waals surface area contributed by atoms with Gasteiger partial charge in [0.15, 0.2) is 0 Å². The van der Waals surface area contributed by atoms with E-state index in [2.05, 4.69) is 32.8 Å². The molecule has 0 radical (unpaired) electrons. The van der Waals surface area contributed by atoms with Gasteiger partial charge in [-0.25, -0.2) is 0 Å². The van der Waals surface area contributed by atoms with E-state index < -0.39 is 0 Å². The van der Waals surface area contributed by atoms with Gasteiger partial charge in [0.05, 0.1) is 16.8 Å². The molecule has 102 valence electrons. The fourth-order valence-corrected chi connectivity index (χ4v) is 2.96. The number of likely N-dealkylation sites (tertiary alicyclic amines) is 1. The zero-order valence-electron chi connectivity index (χ0n) is 10.9. The summed E-state index contributed by atoms with van der Waals surface area (Å²) in [5.74, 6) is 0.932. The number of furan rings is 1. The van der Waals surface area contributed by atoms with Crippen molar-refractivity contribution in [2.24, 2.45) is 5.73 Å². The van der Waals surface area contributed by atoms with E-state index in [1.54, 1.807) is 6.26 Å². The molecule has 1 aliphatic heterocycles. The van der Waals surface area contributed by atoms with Crippen molar-refractivity contribution in [2.45, 2.75) is 18.9 Å². The van der Waals surface area contributed by atoms with Crippen LogP contribution in [0.3, 0.4) is 0 Å². The van der Waals surface area contributed by atoms with Crippen molar-refractivity contribution in [3.05, 3.63) is 22.6 Å². The molecule has 2 heterocycles. The molecule has 0 bridgehead atoms. The molecular weight excluding hydrogens is 294 g/mol. The Balaban J connectivity index is 1.89. The number of hydrogen-bond acceptors (Lipinski definition) is 4. The van der Waals surface area contributed by atoms with Gasteiger partial charge < -0.3 is 15.1 Å². The van der Waals surface area contributed by atoms with Crippen LogP contribution in [0.15, 0.2) is 21.2 Å². The average molecular weight is 316 g/mol. The molecular formula is C13H22BrN3O. The second kappa shape index (κ2) is 6.70. The van der Waals surface area contributed by atoms with Crippen molar-refractivity contribution in [3.63, 3.8) is 0 Å². The molecule has 0 saturated carbocycles. The van der Waals surface area contributed by atoms with Crippen LogP contribution in [0.1, 0.15) is 24.6 Å². The second-order valence-electron chi connectivity index (χ2n) is 4.91. The number of rotatable bonds is 6. The number of nitrogens with zero attached hydrogens (tertiary/aromatic N) is 2.